The molecule has 0 saturated heterocycles. The van der Waals surface area contributed by atoms with E-state index in [4.69, 9.17) is 9.52 Å². The standard InChI is InChI=1S/C13H7FN2O3S/c14-8-2-1-3-15-11(8)12-16-9(6-20-12)10-4-7(5-19-10)13(17)18/h1-6H,(H,17,18). The van der Waals surface area contributed by atoms with E-state index in [-0.39, 0.29) is 11.3 Å². The maximum Gasteiger partial charge on any atom is 0.338 e. The van der Waals surface area contributed by atoms with Gasteiger partial charge < -0.3 is 9.52 Å². The molecule has 0 amide bonds. The summed E-state index contributed by atoms with van der Waals surface area (Å²) in [5.41, 5.74) is 0.648. The number of hydrogen-bond donors (Lipinski definition) is 1. The molecule has 3 aromatic rings. The molecule has 100 valence electrons. The second-order valence-electron chi connectivity index (χ2n) is 3.88. The van der Waals surface area contributed by atoms with Crippen LogP contribution in [0.3, 0.4) is 0 Å². The molecule has 1 N–H and O–H groups in total. The van der Waals surface area contributed by atoms with E-state index in [1.807, 2.05) is 0 Å². The molecule has 0 aliphatic heterocycles. The van der Waals surface area contributed by atoms with Crippen LogP contribution in [0.5, 0.6) is 0 Å². The fourth-order valence-corrected chi connectivity index (χ4v) is 2.43. The van der Waals surface area contributed by atoms with Gasteiger partial charge in [0.05, 0.1) is 5.56 Å². The van der Waals surface area contributed by atoms with E-state index < -0.39 is 11.8 Å². The number of furan rings is 1. The van der Waals surface area contributed by atoms with Crippen molar-refractivity contribution >= 4 is 17.3 Å². The molecule has 20 heavy (non-hydrogen) atoms. The number of rotatable bonds is 3. The molecule has 0 radical (unpaired) electrons. The van der Waals surface area contributed by atoms with Crippen molar-refractivity contribution in [3.63, 3.8) is 0 Å². The lowest BCUT2D eigenvalue weighted by Crippen LogP contribution is -1.91. The van der Waals surface area contributed by atoms with E-state index in [0.29, 0.717) is 16.5 Å². The molecule has 0 aliphatic carbocycles. The molecule has 3 heterocycles. The Morgan fingerprint density at radius 2 is 2.30 bits per heavy atom. The third kappa shape index (κ3) is 2.19. The molecule has 7 heteroatoms. The first-order chi connectivity index (χ1) is 9.65. The van der Waals surface area contributed by atoms with Gasteiger partial charge in [-0.05, 0) is 12.1 Å². The lowest BCUT2D eigenvalue weighted by molar-refractivity contribution is 0.0696. The van der Waals surface area contributed by atoms with Gasteiger partial charge in [-0.25, -0.2) is 14.2 Å². The molecule has 0 aliphatic rings. The Kier molecular flexibility index (Phi) is 3.03. The first kappa shape index (κ1) is 12.5. The average Bonchev–Trinajstić information content (AvgIpc) is 3.08. The highest BCUT2D eigenvalue weighted by Gasteiger charge is 2.15. The van der Waals surface area contributed by atoms with Gasteiger partial charge >= 0.3 is 5.97 Å². The van der Waals surface area contributed by atoms with Crippen LogP contribution in [0.25, 0.3) is 22.2 Å². The molecule has 0 spiro atoms. The van der Waals surface area contributed by atoms with Crippen molar-refractivity contribution in [2.24, 2.45) is 0 Å². The lowest BCUT2D eigenvalue weighted by atomic mass is 10.3. The summed E-state index contributed by atoms with van der Waals surface area (Å²) >= 11 is 1.21. The quantitative estimate of drug-likeness (QED) is 0.801. The van der Waals surface area contributed by atoms with E-state index in [1.165, 1.54) is 35.7 Å². The number of thiazole rings is 1. The minimum absolute atomic E-state index is 0.0403. The third-order valence-electron chi connectivity index (χ3n) is 2.56. The number of pyridine rings is 1. The zero-order valence-corrected chi connectivity index (χ0v) is 10.7. The number of halogens is 1. The summed E-state index contributed by atoms with van der Waals surface area (Å²) in [6.45, 7) is 0. The van der Waals surface area contributed by atoms with Gasteiger partial charge in [0.25, 0.3) is 0 Å². The van der Waals surface area contributed by atoms with Gasteiger partial charge in [0.2, 0.25) is 0 Å². The highest BCUT2D eigenvalue weighted by molar-refractivity contribution is 7.13. The van der Waals surface area contributed by atoms with Crippen molar-refractivity contribution in [1.29, 1.82) is 0 Å². The van der Waals surface area contributed by atoms with Crippen LogP contribution in [0.4, 0.5) is 4.39 Å². The molecule has 0 fully saturated rings. The summed E-state index contributed by atoms with van der Waals surface area (Å²) < 4.78 is 18.7. The molecule has 0 saturated carbocycles. The van der Waals surface area contributed by atoms with Crippen molar-refractivity contribution in [3.8, 4) is 22.2 Å². The van der Waals surface area contributed by atoms with Crippen LogP contribution in [0.2, 0.25) is 0 Å². The summed E-state index contributed by atoms with van der Waals surface area (Å²) in [6.07, 6.45) is 2.62. The van der Waals surface area contributed by atoms with Gasteiger partial charge in [-0.15, -0.1) is 11.3 Å². The first-order valence-electron chi connectivity index (χ1n) is 5.54. The van der Waals surface area contributed by atoms with Crippen LogP contribution in [0.15, 0.2) is 40.5 Å². The fraction of sp³-hybridized carbons (Fsp3) is 0. The number of nitrogens with zero attached hydrogens (tertiary/aromatic N) is 2. The number of hydrogen-bond acceptors (Lipinski definition) is 5. The minimum atomic E-state index is -1.08. The van der Waals surface area contributed by atoms with Crippen molar-refractivity contribution < 1.29 is 18.7 Å². The minimum Gasteiger partial charge on any atom is -0.478 e. The van der Waals surface area contributed by atoms with Crippen LogP contribution in [0.1, 0.15) is 10.4 Å². The van der Waals surface area contributed by atoms with Gasteiger partial charge in [0.15, 0.2) is 11.6 Å². The second-order valence-corrected chi connectivity index (χ2v) is 4.73. The van der Waals surface area contributed by atoms with E-state index in [0.717, 1.165) is 6.26 Å². The Hall–Kier alpha value is -2.54. The number of aromatic carboxylic acids is 1. The summed E-state index contributed by atoms with van der Waals surface area (Å²) in [6, 6.07) is 4.17. The summed E-state index contributed by atoms with van der Waals surface area (Å²) in [7, 11) is 0. The molecule has 0 aromatic carbocycles. The predicted octanol–water partition coefficient (Wildman–Crippen LogP) is 3.30. The molecule has 0 atom stereocenters. The van der Waals surface area contributed by atoms with E-state index in [1.54, 1.807) is 5.38 Å². The Balaban J connectivity index is 1.98. The van der Waals surface area contributed by atoms with Crippen LogP contribution in [0, 0.1) is 5.82 Å². The fourth-order valence-electron chi connectivity index (χ4n) is 1.62. The topological polar surface area (TPSA) is 76.2 Å². The molecule has 0 unspecified atom stereocenters. The Bertz CT molecular complexity index is 781. The second kappa shape index (κ2) is 4.86. The largest absolute Gasteiger partial charge is 0.478 e. The number of carboxylic acid groups (broad SMARTS) is 1. The number of carboxylic acids is 1. The average molecular weight is 290 g/mol. The van der Waals surface area contributed by atoms with E-state index in [9.17, 15) is 9.18 Å². The Morgan fingerprint density at radius 1 is 1.45 bits per heavy atom. The van der Waals surface area contributed by atoms with Crippen LogP contribution in [-0.4, -0.2) is 21.0 Å². The normalized spacial score (nSPS) is 10.7. The molecule has 5 nitrogen and oxygen atoms in total. The first-order valence-corrected chi connectivity index (χ1v) is 6.42. The Morgan fingerprint density at radius 3 is 3.00 bits per heavy atom. The van der Waals surface area contributed by atoms with Crippen molar-refractivity contribution in [2.75, 3.05) is 0 Å². The van der Waals surface area contributed by atoms with Crippen LogP contribution >= 0.6 is 11.3 Å². The van der Waals surface area contributed by atoms with Gasteiger partial charge in [0, 0.05) is 17.6 Å². The predicted molar refractivity (Wildman–Crippen MR) is 70.0 cm³/mol. The van der Waals surface area contributed by atoms with Crippen molar-refractivity contribution in [1.82, 2.24) is 9.97 Å². The van der Waals surface area contributed by atoms with Gasteiger partial charge in [-0.1, -0.05) is 0 Å². The van der Waals surface area contributed by atoms with Gasteiger partial charge in [0.1, 0.15) is 22.7 Å². The van der Waals surface area contributed by atoms with Gasteiger partial charge in [-0.3, -0.25) is 4.98 Å². The SMILES string of the molecule is O=C(O)c1coc(-c2csc(-c3ncccc3F)n2)c1. The maximum absolute atomic E-state index is 13.6. The molecule has 0 bridgehead atoms. The molecule has 3 rings (SSSR count). The van der Waals surface area contributed by atoms with Crippen molar-refractivity contribution in [2.45, 2.75) is 0 Å². The maximum atomic E-state index is 13.6. The number of aromatic nitrogens is 2. The van der Waals surface area contributed by atoms with E-state index in [2.05, 4.69) is 9.97 Å². The van der Waals surface area contributed by atoms with Crippen LogP contribution < -0.4 is 0 Å². The molecule has 3 aromatic heterocycles. The van der Waals surface area contributed by atoms with Gasteiger partial charge in [-0.2, -0.15) is 0 Å². The lowest BCUT2D eigenvalue weighted by Gasteiger charge is -1.95. The summed E-state index contributed by atoms with van der Waals surface area (Å²) in [5, 5.41) is 10.9. The highest BCUT2D eigenvalue weighted by Crippen LogP contribution is 2.29. The smallest absolute Gasteiger partial charge is 0.338 e. The summed E-state index contributed by atoms with van der Waals surface area (Å²) in [4.78, 5) is 18.9. The highest BCUT2D eigenvalue weighted by atomic mass is 32.1. The van der Waals surface area contributed by atoms with Crippen LogP contribution in [-0.2, 0) is 0 Å². The Labute approximate surface area is 116 Å². The zero-order chi connectivity index (χ0) is 14.1. The number of carbonyl (C=O) groups is 1. The zero-order valence-electron chi connectivity index (χ0n) is 9.91. The van der Waals surface area contributed by atoms with Crippen molar-refractivity contribution in [3.05, 3.63) is 47.4 Å². The van der Waals surface area contributed by atoms with E-state index >= 15 is 0 Å². The summed E-state index contributed by atoms with van der Waals surface area (Å²) in [5.74, 6) is -1.22. The third-order valence-corrected chi connectivity index (χ3v) is 3.41. The molecular weight excluding hydrogens is 283 g/mol. The molecular formula is C13H7FN2O3S. The monoisotopic (exact) mass is 290 g/mol.